The van der Waals surface area contributed by atoms with Crippen molar-refractivity contribution < 1.29 is 14.6 Å². The molecule has 1 aromatic carbocycles. The van der Waals surface area contributed by atoms with Crippen molar-refractivity contribution in [3.05, 3.63) is 24.0 Å². The normalized spacial score (nSPS) is 11.5. The Bertz CT molecular complexity index is 629. The highest BCUT2D eigenvalue weighted by atomic mass is 16.5. The number of imidazole rings is 1. The molecule has 1 aromatic heterocycles. The van der Waals surface area contributed by atoms with E-state index >= 15 is 0 Å². The van der Waals surface area contributed by atoms with Gasteiger partial charge < -0.3 is 14.4 Å². The summed E-state index contributed by atoms with van der Waals surface area (Å²) >= 11 is 0. The predicted octanol–water partition coefficient (Wildman–Crippen LogP) is 3.03. The summed E-state index contributed by atoms with van der Waals surface area (Å²) in [4.78, 5) is 15.4. The van der Waals surface area contributed by atoms with Crippen LogP contribution >= 0.6 is 0 Å². The first-order valence-electron chi connectivity index (χ1n) is 6.77. The van der Waals surface area contributed by atoms with Crippen LogP contribution in [0.4, 0.5) is 0 Å². The second-order valence-electron chi connectivity index (χ2n) is 5.38. The molecule has 20 heavy (non-hydrogen) atoms. The number of rotatable bonds is 5. The molecule has 1 heterocycles. The van der Waals surface area contributed by atoms with Crippen molar-refractivity contribution >= 4 is 17.0 Å². The minimum atomic E-state index is -0.874. The summed E-state index contributed by atoms with van der Waals surface area (Å²) in [6, 6.07) is 5.85. The van der Waals surface area contributed by atoms with Crippen molar-refractivity contribution in [1.29, 1.82) is 0 Å². The summed E-state index contributed by atoms with van der Waals surface area (Å²) in [5, 5.41) is 8.99. The molecule has 2 rings (SSSR count). The molecule has 0 bridgehead atoms. The predicted molar refractivity (Wildman–Crippen MR) is 77.2 cm³/mol. The number of aromatic nitrogens is 2. The Morgan fingerprint density at radius 1 is 1.35 bits per heavy atom. The molecule has 0 unspecified atom stereocenters. The Labute approximate surface area is 118 Å². The molecule has 0 fully saturated rings. The third-order valence-electron chi connectivity index (χ3n) is 2.93. The summed E-state index contributed by atoms with van der Waals surface area (Å²) in [6.07, 6.45) is 0.0193. The lowest BCUT2D eigenvalue weighted by Crippen LogP contribution is -2.11. The molecule has 0 aliphatic rings. The second-order valence-corrected chi connectivity index (χ2v) is 5.38. The fraction of sp³-hybridized carbons (Fsp3) is 0.467. The van der Waals surface area contributed by atoms with E-state index in [4.69, 9.17) is 9.84 Å². The van der Waals surface area contributed by atoms with Crippen molar-refractivity contribution in [3.63, 3.8) is 0 Å². The zero-order chi connectivity index (χ0) is 14.9. The number of aliphatic carboxylic acids is 1. The van der Waals surface area contributed by atoms with E-state index in [-0.39, 0.29) is 18.6 Å². The molecule has 2 aromatic rings. The van der Waals surface area contributed by atoms with Crippen LogP contribution in [0.2, 0.25) is 0 Å². The number of hydrogen-bond acceptors (Lipinski definition) is 3. The van der Waals surface area contributed by atoms with Gasteiger partial charge in [0.05, 0.1) is 17.1 Å². The van der Waals surface area contributed by atoms with E-state index in [1.165, 1.54) is 0 Å². The van der Waals surface area contributed by atoms with E-state index in [2.05, 4.69) is 4.98 Å². The van der Waals surface area contributed by atoms with Gasteiger partial charge in [-0.3, -0.25) is 4.79 Å². The third-order valence-corrected chi connectivity index (χ3v) is 2.93. The van der Waals surface area contributed by atoms with Gasteiger partial charge in [0.1, 0.15) is 18.0 Å². The molecule has 5 nitrogen and oxygen atoms in total. The first-order chi connectivity index (χ1) is 9.38. The zero-order valence-corrected chi connectivity index (χ0v) is 12.3. The molecule has 0 amide bonds. The average molecular weight is 276 g/mol. The minimum absolute atomic E-state index is 0.0762. The maximum absolute atomic E-state index is 11.0. The van der Waals surface area contributed by atoms with Crippen LogP contribution in [0.3, 0.4) is 0 Å². The van der Waals surface area contributed by atoms with E-state index in [0.717, 1.165) is 16.8 Å². The molecule has 0 atom stereocenters. The van der Waals surface area contributed by atoms with Gasteiger partial charge in [-0.25, -0.2) is 4.98 Å². The molecular weight excluding hydrogens is 256 g/mol. The maximum atomic E-state index is 11.0. The SMILES string of the molecule is CC(C)Oc1ccc2c(c1)nc(CC(=O)O)n2C(C)C. The van der Waals surface area contributed by atoms with E-state index in [1.54, 1.807) is 0 Å². The molecule has 0 saturated heterocycles. The first kappa shape index (κ1) is 14.4. The number of hydrogen-bond donors (Lipinski definition) is 1. The number of carboxylic acids is 1. The van der Waals surface area contributed by atoms with Crippen molar-refractivity contribution in [2.45, 2.75) is 46.3 Å². The van der Waals surface area contributed by atoms with Gasteiger partial charge in [-0.2, -0.15) is 0 Å². The first-order valence-corrected chi connectivity index (χ1v) is 6.77. The highest BCUT2D eigenvalue weighted by molar-refractivity contribution is 5.79. The molecule has 108 valence electrons. The molecule has 0 aliphatic carbocycles. The number of carbonyl (C=O) groups is 1. The second kappa shape index (κ2) is 5.53. The monoisotopic (exact) mass is 276 g/mol. The highest BCUT2D eigenvalue weighted by Crippen LogP contribution is 2.25. The topological polar surface area (TPSA) is 64.3 Å². The van der Waals surface area contributed by atoms with Gasteiger partial charge >= 0.3 is 5.97 Å². The van der Waals surface area contributed by atoms with Gasteiger partial charge in [0.2, 0.25) is 0 Å². The number of ether oxygens (including phenoxy) is 1. The molecule has 0 radical (unpaired) electrons. The van der Waals surface area contributed by atoms with Crippen molar-refractivity contribution in [3.8, 4) is 5.75 Å². The smallest absolute Gasteiger partial charge is 0.311 e. The van der Waals surface area contributed by atoms with Crippen LogP contribution in [-0.4, -0.2) is 26.7 Å². The van der Waals surface area contributed by atoms with Crippen molar-refractivity contribution in [2.75, 3.05) is 0 Å². The Kier molecular flexibility index (Phi) is 3.97. The van der Waals surface area contributed by atoms with Crippen LogP contribution in [-0.2, 0) is 11.2 Å². The lowest BCUT2D eigenvalue weighted by Gasteiger charge is -2.13. The van der Waals surface area contributed by atoms with Gasteiger partial charge in [0.15, 0.2) is 0 Å². The Morgan fingerprint density at radius 2 is 2.05 bits per heavy atom. The number of fused-ring (bicyclic) bond motifs is 1. The van der Waals surface area contributed by atoms with E-state index in [0.29, 0.717) is 5.82 Å². The number of nitrogens with zero attached hydrogens (tertiary/aromatic N) is 2. The average Bonchev–Trinajstić information content (AvgIpc) is 2.63. The summed E-state index contributed by atoms with van der Waals surface area (Å²) in [5.41, 5.74) is 1.71. The number of carboxylic acid groups (broad SMARTS) is 1. The lowest BCUT2D eigenvalue weighted by molar-refractivity contribution is -0.136. The summed E-state index contributed by atoms with van der Waals surface area (Å²) in [5.74, 6) is 0.452. The fourth-order valence-corrected chi connectivity index (χ4v) is 2.31. The third kappa shape index (κ3) is 2.92. The zero-order valence-electron chi connectivity index (χ0n) is 12.3. The summed E-state index contributed by atoms with van der Waals surface area (Å²) in [7, 11) is 0. The Morgan fingerprint density at radius 3 is 2.60 bits per heavy atom. The van der Waals surface area contributed by atoms with E-state index in [1.807, 2.05) is 50.5 Å². The van der Waals surface area contributed by atoms with Gasteiger partial charge in [0.25, 0.3) is 0 Å². The fourth-order valence-electron chi connectivity index (χ4n) is 2.31. The van der Waals surface area contributed by atoms with Gasteiger partial charge in [-0.1, -0.05) is 0 Å². The largest absolute Gasteiger partial charge is 0.491 e. The van der Waals surface area contributed by atoms with Crippen molar-refractivity contribution in [1.82, 2.24) is 9.55 Å². The molecule has 0 spiro atoms. The van der Waals surface area contributed by atoms with E-state index in [9.17, 15) is 4.79 Å². The maximum Gasteiger partial charge on any atom is 0.311 e. The highest BCUT2D eigenvalue weighted by Gasteiger charge is 2.16. The summed E-state index contributed by atoms with van der Waals surface area (Å²) < 4.78 is 7.61. The minimum Gasteiger partial charge on any atom is -0.491 e. The Hall–Kier alpha value is -2.04. The molecular formula is C15H20N2O3. The lowest BCUT2D eigenvalue weighted by atomic mass is 10.2. The molecule has 1 N–H and O–H groups in total. The molecule has 0 saturated carbocycles. The van der Waals surface area contributed by atoms with Gasteiger partial charge in [-0.05, 0) is 39.8 Å². The Balaban J connectivity index is 2.52. The standard InChI is InChI=1S/C15H20N2O3/c1-9(2)17-13-6-5-11(20-10(3)4)7-12(13)16-14(17)8-15(18)19/h5-7,9-10H,8H2,1-4H3,(H,18,19). The van der Waals surface area contributed by atoms with Gasteiger partial charge in [-0.15, -0.1) is 0 Å². The van der Waals surface area contributed by atoms with Gasteiger partial charge in [0, 0.05) is 12.1 Å². The van der Waals surface area contributed by atoms with Crippen LogP contribution in [0, 0.1) is 0 Å². The van der Waals surface area contributed by atoms with Crippen LogP contribution in [0.1, 0.15) is 39.6 Å². The molecule has 5 heteroatoms. The van der Waals surface area contributed by atoms with Crippen LogP contribution in [0.25, 0.3) is 11.0 Å². The van der Waals surface area contributed by atoms with Crippen LogP contribution in [0.5, 0.6) is 5.75 Å². The molecule has 0 aliphatic heterocycles. The van der Waals surface area contributed by atoms with Crippen molar-refractivity contribution in [2.24, 2.45) is 0 Å². The number of benzene rings is 1. The quantitative estimate of drug-likeness (QED) is 0.911. The summed E-state index contributed by atoms with van der Waals surface area (Å²) in [6.45, 7) is 7.97. The van der Waals surface area contributed by atoms with E-state index < -0.39 is 5.97 Å². The van der Waals surface area contributed by atoms with Crippen LogP contribution in [0.15, 0.2) is 18.2 Å². The van der Waals surface area contributed by atoms with Crippen LogP contribution < -0.4 is 4.74 Å².